The first-order valence-corrected chi connectivity index (χ1v) is 8.43. The fourth-order valence-corrected chi connectivity index (χ4v) is 3.43. The van der Waals surface area contributed by atoms with Crippen molar-refractivity contribution in [3.8, 4) is 0 Å². The van der Waals surface area contributed by atoms with Gasteiger partial charge in [0.05, 0.1) is 6.54 Å². The largest absolute Gasteiger partial charge is 0.330 e. The summed E-state index contributed by atoms with van der Waals surface area (Å²) < 4.78 is 1.61. The average Bonchev–Trinajstić information content (AvgIpc) is 3.08. The molecule has 0 bridgehead atoms. The quantitative estimate of drug-likeness (QED) is 0.885. The van der Waals surface area contributed by atoms with E-state index in [0.717, 1.165) is 24.8 Å². The molecule has 0 unspecified atom stereocenters. The topological polar surface area (TPSA) is 77.1 Å². The molecule has 0 saturated heterocycles. The van der Waals surface area contributed by atoms with Gasteiger partial charge >= 0.3 is 0 Å². The Morgan fingerprint density at radius 3 is 2.71 bits per heavy atom. The fraction of sp³-hybridized carbons (Fsp3) is 0.368. The number of carbonyl (C=O) groups is 1. The predicted octanol–water partition coefficient (Wildman–Crippen LogP) is 2.21. The summed E-state index contributed by atoms with van der Waals surface area (Å²) in [6, 6.07) is 13.2. The van der Waals surface area contributed by atoms with E-state index in [1.807, 2.05) is 30.3 Å². The van der Waals surface area contributed by atoms with Gasteiger partial charge in [-0.2, -0.15) is 0 Å². The lowest BCUT2D eigenvalue weighted by atomic mass is 9.95. The van der Waals surface area contributed by atoms with Crippen molar-refractivity contribution in [2.24, 2.45) is 17.6 Å². The van der Waals surface area contributed by atoms with Crippen molar-refractivity contribution in [1.82, 2.24) is 4.57 Å². The molecule has 1 amide bonds. The van der Waals surface area contributed by atoms with Gasteiger partial charge < -0.3 is 15.6 Å². The Labute approximate surface area is 141 Å². The minimum atomic E-state index is -0.183. The van der Waals surface area contributed by atoms with E-state index < -0.39 is 0 Å². The second kappa shape index (κ2) is 7.45. The molecule has 1 fully saturated rings. The van der Waals surface area contributed by atoms with Crippen molar-refractivity contribution in [2.75, 3.05) is 11.9 Å². The summed E-state index contributed by atoms with van der Waals surface area (Å²) in [4.78, 5) is 25.1. The van der Waals surface area contributed by atoms with Gasteiger partial charge in [0.15, 0.2) is 0 Å². The lowest BCUT2D eigenvalue weighted by Crippen LogP contribution is -2.32. The van der Waals surface area contributed by atoms with Crippen LogP contribution in [0.2, 0.25) is 0 Å². The van der Waals surface area contributed by atoms with E-state index in [1.54, 1.807) is 22.9 Å². The van der Waals surface area contributed by atoms with E-state index in [-0.39, 0.29) is 23.3 Å². The standard InChI is InChI=1S/C19H23N3O2/c20-12-15-8-4-9-16(15)18(23)21-17-10-5-11-22(19(17)24)13-14-6-2-1-3-7-14/h1-3,5-7,10-11,15-16H,4,8-9,12-13,20H2,(H,21,23)/t15-,16-/m1/s1. The highest BCUT2D eigenvalue weighted by molar-refractivity contribution is 5.92. The number of nitrogens with one attached hydrogen (secondary N) is 1. The van der Waals surface area contributed by atoms with Gasteiger partial charge in [0, 0.05) is 12.1 Å². The summed E-state index contributed by atoms with van der Waals surface area (Å²) in [7, 11) is 0. The molecule has 1 aliphatic rings. The highest BCUT2D eigenvalue weighted by atomic mass is 16.2. The Kier molecular flexibility index (Phi) is 5.11. The molecule has 1 heterocycles. The highest BCUT2D eigenvalue weighted by Crippen LogP contribution is 2.31. The van der Waals surface area contributed by atoms with Gasteiger partial charge in [0.25, 0.3) is 5.56 Å². The lowest BCUT2D eigenvalue weighted by Gasteiger charge is -2.17. The smallest absolute Gasteiger partial charge is 0.274 e. The molecule has 5 heteroatoms. The average molecular weight is 325 g/mol. The van der Waals surface area contributed by atoms with Crippen molar-refractivity contribution in [3.63, 3.8) is 0 Å². The second-order valence-electron chi connectivity index (χ2n) is 6.36. The molecule has 2 aromatic rings. The van der Waals surface area contributed by atoms with E-state index in [4.69, 9.17) is 5.73 Å². The number of hydrogen-bond donors (Lipinski definition) is 2. The Balaban J connectivity index is 1.76. The summed E-state index contributed by atoms with van der Waals surface area (Å²) in [6.07, 6.45) is 4.59. The molecule has 1 aliphatic carbocycles. The molecule has 0 spiro atoms. The molecule has 3 rings (SSSR count). The number of rotatable bonds is 5. The zero-order valence-electron chi connectivity index (χ0n) is 13.7. The number of amides is 1. The minimum absolute atomic E-state index is 0.0856. The van der Waals surface area contributed by atoms with Crippen LogP contribution in [0.4, 0.5) is 5.69 Å². The zero-order chi connectivity index (χ0) is 16.9. The van der Waals surface area contributed by atoms with Crippen molar-refractivity contribution < 1.29 is 4.79 Å². The van der Waals surface area contributed by atoms with E-state index in [1.165, 1.54) is 0 Å². The van der Waals surface area contributed by atoms with Gasteiger partial charge in [-0.3, -0.25) is 9.59 Å². The third-order valence-corrected chi connectivity index (χ3v) is 4.77. The molecular formula is C19H23N3O2. The predicted molar refractivity (Wildman–Crippen MR) is 94.8 cm³/mol. The first-order valence-electron chi connectivity index (χ1n) is 8.43. The van der Waals surface area contributed by atoms with E-state index in [0.29, 0.717) is 18.8 Å². The minimum Gasteiger partial charge on any atom is -0.330 e. The monoisotopic (exact) mass is 325 g/mol. The number of anilines is 1. The van der Waals surface area contributed by atoms with Gasteiger partial charge in [-0.15, -0.1) is 0 Å². The normalized spacial score (nSPS) is 20.0. The number of aromatic nitrogens is 1. The third kappa shape index (κ3) is 3.57. The Bertz CT molecular complexity index is 755. The summed E-state index contributed by atoms with van der Waals surface area (Å²) in [5, 5.41) is 2.81. The number of pyridine rings is 1. The molecular weight excluding hydrogens is 302 g/mol. The maximum atomic E-state index is 12.6. The van der Waals surface area contributed by atoms with E-state index >= 15 is 0 Å². The van der Waals surface area contributed by atoms with Crippen LogP contribution in [0.15, 0.2) is 53.5 Å². The van der Waals surface area contributed by atoms with Crippen LogP contribution in [0.1, 0.15) is 24.8 Å². The number of nitrogens with two attached hydrogens (primary N) is 1. The molecule has 1 saturated carbocycles. The van der Waals surface area contributed by atoms with Crippen LogP contribution in [0.3, 0.4) is 0 Å². The number of benzene rings is 1. The van der Waals surface area contributed by atoms with Crippen LogP contribution in [-0.4, -0.2) is 17.0 Å². The van der Waals surface area contributed by atoms with Crippen molar-refractivity contribution in [1.29, 1.82) is 0 Å². The van der Waals surface area contributed by atoms with Crippen LogP contribution >= 0.6 is 0 Å². The highest BCUT2D eigenvalue weighted by Gasteiger charge is 2.32. The zero-order valence-corrected chi connectivity index (χ0v) is 13.7. The lowest BCUT2D eigenvalue weighted by molar-refractivity contribution is -0.120. The molecule has 24 heavy (non-hydrogen) atoms. The maximum absolute atomic E-state index is 12.6. The molecule has 1 aromatic heterocycles. The van der Waals surface area contributed by atoms with Gasteiger partial charge in [-0.1, -0.05) is 36.8 Å². The maximum Gasteiger partial charge on any atom is 0.274 e. The van der Waals surface area contributed by atoms with E-state index in [9.17, 15) is 9.59 Å². The second-order valence-corrected chi connectivity index (χ2v) is 6.36. The molecule has 5 nitrogen and oxygen atoms in total. The summed E-state index contributed by atoms with van der Waals surface area (Å²) in [5.41, 5.74) is 6.94. The van der Waals surface area contributed by atoms with Gasteiger partial charge in [0.1, 0.15) is 5.69 Å². The Morgan fingerprint density at radius 2 is 1.96 bits per heavy atom. The molecule has 126 valence electrons. The van der Waals surface area contributed by atoms with Gasteiger partial charge in [0.2, 0.25) is 5.91 Å². The molecule has 1 aromatic carbocycles. The first kappa shape index (κ1) is 16.5. The summed E-state index contributed by atoms with van der Waals surface area (Å²) in [5.74, 6) is 0.0509. The van der Waals surface area contributed by atoms with Crippen molar-refractivity contribution >= 4 is 11.6 Å². The summed E-state index contributed by atoms with van der Waals surface area (Å²) >= 11 is 0. The van der Waals surface area contributed by atoms with Crippen LogP contribution in [0.5, 0.6) is 0 Å². The van der Waals surface area contributed by atoms with Crippen LogP contribution < -0.4 is 16.6 Å². The van der Waals surface area contributed by atoms with Crippen molar-refractivity contribution in [2.45, 2.75) is 25.8 Å². The SMILES string of the molecule is NC[C@H]1CCC[C@H]1C(=O)Nc1cccn(Cc2ccccc2)c1=O. The molecule has 3 N–H and O–H groups in total. The Hall–Kier alpha value is -2.40. The van der Waals surface area contributed by atoms with Gasteiger partial charge in [-0.05, 0) is 43.0 Å². The fourth-order valence-electron chi connectivity index (χ4n) is 3.43. The number of nitrogens with zero attached hydrogens (tertiary/aromatic N) is 1. The van der Waals surface area contributed by atoms with Crippen molar-refractivity contribution in [3.05, 3.63) is 64.6 Å². The van der Waals surface area contributed by atoms with Gasteiger partial charge in [-0.25, -0.2) is 0 Å². The molecule has 0 aliphatic heterocycles. The molecule has 2 atom stereocenters. The first-order chi connectivity index (χ1) is 11.7. The van der Waals surface area contributed by atoms with Crippen LogP contribution in [0, 0.1) is 11.8 Å². The number of carbonyl (C=O) groups excluding carboxylic acids is 1. The van der Waals surface area contributed by atoms with Crippen LogP contribution in [0.25, 0.3) is 0 Å². The molecule has 0 radical (unpaired) electrons. The van der Waals surface area contributed by atoms with Crippen LogP contribution in [-0.2, 0) is 11.3 Å². The summed E-state index contributed by atoms with van der Waals surface area (Å²) in [6.45, 7) is 1.00. The van der Waals surface area contributed by atoms with E-state index in [2.05, 4.69) is 5.32 Å². The third-order valence-electron chi connectivity index (χ3n) is 4.77. The number of hydrogen-bond acceptors (Lipinski definition) is 3. The Morgan fingerprint density at radius 1 is 1.17 bits per heavy atom.